The van der Waals surface area contributed by atoms with E-state index >= 15 is 0 Å². The minimum absolute atomic E-state index is 0.0980. The zero-order chi connectivity index (χ0) is 25.7. The van der Waals surface area contributed by atoms with Crippen molar-refractivity contribution in [1.82, 2.24) is 19.3 Å². The topological polar surface area (TPSA) is 97.8 Å². The molecule has 36 heavy (non-hydrogen) atoms. The van der Waals surface area contributed by atoms with Crippen LogP contribution in [0.15, 0.2) is 72.4 Å². The lowest BCUT2D eigenvalue weighted by atomic mass is 10.2. The Kier molecular flexibility index (Phi) is 7.56. The van der Waals surface area contributed by atoms with Crippen LogP contribution in [0.2, 0.25) is 0 Å². The summed E-state index contributed by atoms with van der Waals surface area (Å²) >= 11 is 1.28. The Balaban J connectivity index is 1.58. The van der Waals surface area contributed by atoms with Crippen LogP contribution in [0.1, 0.15) is 16.8 Å². The number of nitriles is 1. The van der Waals surface area contributed by atoms with Crippen molar-refractivity contribution in [2.24, 2.45) is 0 Å². The Bertz CT molecular complexity index is 1430. The largest absolute Gasteiger partial charge is 0.497 e. The van der Waals surface area contributed by atoms with Crippen LogP contribution >= 0.6 is 11.8 Å². The number of thioether (sulfide) groups is 1. The molecule has 1 N–H and O–H groups in total. The van der Waals surface area contributed by atoms with Crippen molar-refractivity contribution < 1.29 is 9.53 Å². The van der Waals surface area contributed by atoms with E-state index in [0.29, 0.717) is 28.9 Å². The van der Waals surface area contributed by atoms with E-state index in [4.69, 9.17) is 4.74 Å². The molecule has 0 unspecified atom stereocenters. The first kappa shape index (κ1) is 24.8. The van der Waals surface area contributed by atoms with Crippen LogP contribution in [0.25, 0.3) is 17.1 Å². The molecule has 1 amide bonds. The third-order valence-electron chi connectivity index (χ3n) is 5.81. The molecule has 2 aromatic heterocycles. The number of carbonyl (C=O) groups excluding carboxylic acids is 1. The highest BCUT2D eigenvalue weighted by atomic mass is 32.2. The molecule has 4 rings (SSSR count). The van der Waals surface area contributed by atoms with Crippen LogP contribution in [0.5, 0.6) is 5.75 Å². The SMILES string of the molecule is C=CCn1c(SCC(=O)Nc2c(C#N)c(C)c(C)n2-c2ccc(OC)cc2)nnc1-c1ccccc1. The van der Waals surface area contributed by atoms with E-state index in [1.165, 1.54) is 11.8 Å². The van der Waals surface area contributed by atoms with Gasteiger partial charge in [0.1, 0.15) is 17.6 Å². The second-order valence-electron chi connectivity index (χ2n) is 7.99. The average molecular weight is 499 g/mol. The molecular weight excluding hydrogens is 472 g/mol. The minimum atomic E-state index is -0.252. The maximum Gasteiger partial charge on any atom is 0.236 e. The molecule has 0 aliphatic rings. The number of ether oxygens (including phenoxy) is 1. The Hall–Kier alpha value is -4.29. The summed E-state index contributed by atoms with van der Waals surface area (Å²) in [6.07, 6.45) is 1.77. The highest BCUT2D eigenvalue weighted by Gasteiger charge is 2.22. The van der Waals surface area contributed by atoms with Crippen molar-refractivity contribution in [1.29, 1.82) is 5.26 Å². The number of rotatable bonds is 9. The van der Waals surface area contributed by atoms with Gasteiger partial charge in [-0.1, -0.05) is 48.2 Å². The van der Waals surface area contributed by atoms with Crippen LogP contribution in [0.3, 0.4) is 0 Å². The van der Waals surface area contributed by atoms with E-state index in [1.807, 2.05) is 77.6 Å². The number of allylic oxidation sites excluding steroid dienone is 1. The summed E-state index contributed by atoms with van der Waals surface area (Å²) in [5, 5.41) is 22.0. The second kappa shape index (κ2) is 11.0. The lowest BCUT2D eigenvalue weighted by molar-refractivity contribution is -0.113. The molecule has 4 aromatic rings. The maximum absolute atomic E-state index is 13.1. The van der Waals surface area contributed by atoms with Gasteiger partial charge in [-0.05, 0) is 43.7 Å². The van der Waals surface area contributed by atoms with E-state index in [0.717, 1.165) is 28.3 Å². The van der Waals surface area contributed by atoms with Gasteiger partial charge in [0.25, 0.3) is 0 Å². The summed E-state index contributed by atoms with van der Waals surface area (Å²) in [5.74, 6) is 1.73. The highest BCUT2D eigenvalue weighted by Crippen LogP contribution is 2.31. The van der Waals surface area contributed by atoms with Gasteiger partial charge >= 0.3 is 0 Å². The smallest absolute Gasteiger partial charge is 0.236 e. The van der Waals surface area contributed by atoms with Gasteiger partial charge in [-0.2, -0.15) is 5.26 Å². The van der Waals surface area contributed by atoms with Gasteiger partial charge in [0, 0.05) is 23.5 Å². The normalized spacial score (nSPS) is 10.6. The summed E-state index contributed by atoms with van der Waals surface area (Å²) < 4.78 is 9.06. The summed E-state index contributed by atoms with van der Waals surface area (Å²) in [6.45, 7) is 8.15. The molecule has 0 saturated carbocycles. The van der Waals surface area contributed by atoms with Gasteiger partial charge < -0.3 is 10.1 Å². The predicted octanol–water partition coefficient (Wildman–Crippen LogP) is 5.15. The van der Waals surface area contributed by atoms with Crippen molar-refractivity contribution in [3.63, 3.8) is 0 Å². The van der Waals surface area contributed by atoms with Crippen LogP contribution in [-0.2, 0) is 11.3 Å². The molecule has 0 aliphatic carbocycles. The first-order valence-corrected chi connectivity index (χ1v) is 12.3. The molecular formula is C27H26N6O2S. The zero-order valence-electron chi connectivity index (χ0n) is 20.4. The van der Waals surface area contributed by atoms with E-state index in [2.05, 4.69) is 28.2 Å². The molecule has 0 saturated heterocycles. The van der Waals surface area contributed by atoms with E-state index in [1.54, 1.807) is 13.2 Å². The summed E-state index contributed by atoms with van der Waals surface area (Å²) in [5.41, 5.74) is 3.87. The van der Waals surface area contributed by atoms with Crippen molar-refractivity contribution in [2.45, 2.75) is 25.5 Å². The Morgan fingerprint density at radius 2 is 1.89 bits per heavy atom. The standard InChI is InChI=1S/C27H26N6O2S/c1-5-15-32-25(20-9-7-6-8-10-20)30-31-27(32)36-17-24(34)29-26-23(16-28)18(2)19(3)33(26)21-11-13-22(35-4)14-12-21/h5-14H,1,15,17H2,2-4H3,(H,29,34). The first-order chi connectivity index (χ1) is 17.5. The monoisotopic (exact) mass is 498 g/mol. The quantitative estimate of drug-likeness (QED) is 0.253. The van der Waals surface area contributed by atoms with Gasteiger partial charge in [0.05, 0.1) is 18.4 Å². The number of anilines is 1. The molecule has 0 radical (unpaired) electrons. The Labute approximate surface area is 214 Å². The molecule has 0 atom stereocenters. The lowest BCUT2D eigenvalue weighted by Crippen LogP contribution is -2.18. The van der Waals surface area contributed by atoms with Gasteiger partial charge in [-0.3, -0.25) is 13.9 Å². The number of hydrogen-bond donors (Lipinski definition) is 1. The third-order valence-corrected chi connectivity index (χ3v) is 6.77. The first-order valence-electron chi connectivity index (χ1n) is 11.3. The number of benzene rings is 2. The molecule has 0 fully saturated rings. The third kappa shape index (κ3) is 4.90. The molecule has 0 spiro atoms. The molecule has 2 heterocycles. The number of nitrogens with zero attached hydrogens (tertiary/aromatic N) is 5. The summed E-state index contributed by atoms with van der Waals surface area (Å²) in [7, 11) is 1.61. The molecule has 0 aliphatic heterocycles. The second-order valence-corrected chi connectivity index (χ2v) is 8.93. The number of methoxy groups -OCH3 is 1. The van der Waals surface area contributed by atoms with E-state index < -0.39 is 0 Å². The number of aromatic nitrogens is 4. The number of nitrogens with one attached hydrogen (secondary N) is 1. The van der Waals surface area contributed by atoms with E-state index in [-0.39, 0.29) is 11.7 Å². The Morgan fingerprint density at radius 3 is 2.53 bits per heavy atom. The molecule has 9 heteroatoms. The summed E-state index contributed by atoms with van der Waals surface area (Å²) in [6, 6.07) is 19.5. The minimum Gasteiger partial charge on any atom is -0.497 e. The molecule has 182 valence electrons. The van der Waals surface area contributed by atoms with Crippen molar-refractivity contribution in [3.8, 4) is 28.9 Å². The van der Waals surface area contributed by atoms with Crippen LogP contribution in [0, 0.1) is 25.2 Å². The van der Waals surface area contributed by atoms with E-state index in [9.17, 15) is 10.1 Å². The van der Waals surface area contributed by atoms with Gasteiger partial charge in [0.15, 0.2) is 11.0 Å². The fourth-order valence-electron chi connectivity index (χ4n) is 3.90. The number of hydrogen-bond acceptors (Lipinski definition) is 6. The number of carbonyl (C=O) groups is 1. The van der Waals surface area contributed by atoms with Crippen molar-refractivity contribution in [3.05, 3.63) is 84.1 Å². The predicted molar refractivity (Wildman–Crippen MR) is 142 cm³/mol. The number of amides is 1. The van der Waals surface area contributed by atoms with Crippen molar-refractivity contribution >= 4 is 23.5 Å². The molecule has 2 aromatic carbocycles. The van der Waals surface area contributed by atoms with Crippen LogP contribution in [0.4, 0.5) is 5.82 Å². The molecule has 8 nitrogen and oxygen atoms in total. The van der Waals surface area contributed by atoms with Crippen LogP contribution in [-0.4, -0.2) is 38.1 Å². The Morgan fingerprint density at radius 1 is 1.17 bits per heavy atom. The fourth-order valence-corrected chi connectivity index (χ4v) is 4.65. The maximum atomic E-state index is 13.1. The van der Waals surface area contributed by atoms with Gasteiger partial charge in [-0.25, -0.2) is 0 Å². The highest BCUT2D eigenvalue weighted by molar-refractivity contribution is 7.99. The van der Waals surface area contributed by atoms with Gasteiger partial charge in [0.2, 0.25) is 5.91 Å². The average Bonchev–Trinajstić information content (AvgIpc) is 3.41. The zero-order valence-corrected chi connectivity index (χ0v) is 21.2. The molecule has 0 bridgehead atoms. The van der Waals surface area contributed by atoms with Crippen LogP contribution < -0.4 is 10.1 Å². The van der Waals surface area contributed by atoms with Crippen molar-refractivity contribution in [2.75, 3.05) is 18.2 Å². The van der Waals surface area contributed by atoms with Gasteiger partial charge in [-0.15, -0.1) is 16.8 Å². The summed E-state index contributed by atoms with van der Waals surface area (Å²) in [4.78, 5) is 13.1. The lowest BCUT2D eigenvalue weighted by Gasteiger charge is -2.14. The fraction of sp³-hybridized carbons (Fsp3) is 0.185.